The largest absolute Gasteiger partial charge is 0.325 e. The molecule has 2 aromatic carbocycles. The Morgan fingerprint density at radius 1 is 1.13 bits per heavy atom. The molecule has 0 aliphatic carbocycles. The predicted octanol–water partition coefficient (Wildman–Crippen LogP) is 4.84. The molecule has 8 heteroatoms. The van der Waals surface area contributed by atoms with Gasteiger partial charge >= 0.3 is 0 Å². The number of rotatable bonds is 6. The van der Waals surface area contributed by atoms with Crippen LogP contribution in [-0.2, 0) is 17.6 Å². The van der Waals surface area contributed by atoms with Crippen LogP contribution in [0, 0.1) is 0 Å². The lowest BCUT2D eigenvalue weighted by Crippen LogP contribution is -2.41. The van der Waals surface area contributed by atoms with E-state index in [0.717, 1.165) is 30.7 Å². The number of nitrogens with one attached hydrogen (secondary N) is 2. The molecular weight excluding hydrogens is 418 g/mol. The van der Waals surface area contributed by atoms with Crippen molar-refractivity contribution in [2.75, 3.05) is 10.7 Å². The van der Waals surface area contributed by atoms with Crippen molar-refractivity contribution < 1.29 is 4.79 Å². The highest BCUT2D eigenvalue weighted by Gasteiger charge is 2.37. The number of hydrogen-bond acceptors (Lipinski definition) is 5. The highest BCUT2D eigenvalue weighted by atomic mass is 35.5. The van der Waals surface area contributed by atoms with Gasteiger partial charge in [0.1, 0.15) is 5.25 Å². The van der Waals surface area contributed by atoms with Crippen molar-refractivity contribution in [2.24, 2.45) is 0 Å². The summed E-state index contributed by atoms with van der Waals surface area (Å²) < 4.78 is 1.93. The van der Waals surface area contributed by atoms with Crippen LogP contribution in [0.3, 0.4) is 0 Å². The summed E-state index contributed by atoms with van der Waals surface area (Å²) in [7, 11) is 0. The molecule has 1 aliphatic heterocycles. The second-order valence-corrected chi connectivity index (χ2v) is 8.77. The van der Waals surface area contributed by atoms with E-state index in [0.29, 0.717) is 15.9 Å². The van der Waals surface area contributed by atoms with Gasteiger partial charge in [-0.3, -0.25) is 4.79 Å². The quantitative estimate of drug-likeness (QED) is 0.572. The molecule has 0 radical (unpaired) electrons. The Bertz CT molecular complexity index is 1020. The monoisotopic (exact) mass is 441 g/mol. The Balaban J connectivity index is 1.65. The van der Waals surface area contributed by atoms with Crippen LogP contribution in [0.4, 0.5) is 5.69 Å². The van der Waals surface area contributed by atoms with Gasteiger partial charge in [0, 0.05) is 17.1 Å². The van der Waals surface area contributed by atoms with Gasteiger partial charge in [-0.2, -0.15) is 0 Å². The first-order chi connectivity index (χ1) is 14.6. The molecule has 156 valence electrons. The lowest BCUT2D eigenvalue weighted by Gasteiger charge is -2.33. The van der Waals surface area contributed by atoms with Crippen LogP contribution in [0.5, 0.6) is 0 Å². The van der Waals surface area contributed by atoms with Gasteiger partial charge in [0.05, 0.1) is 6.04 Å². The Morgan fingerprint density at radius 3 is 2.53 bits per heavy atom. The zero-order chi connectivity index (χ0) is 21.1. The van der Waals surface area contributed by atoms with Gasteiger partial charge in [-0.15, -0.1) is 10.2 Å². The Kier molecular flexibility index (Phi) is 6.29. The van der Waals surface area contributed by atoms with Crippen molar-refractivity contribution in [3.63, 3.8) is 0 Å². The summed E-state index contributed by atoms with van der Waals surface area (Å²) in [5.41, 5.74) is 6.53. The van der Waals surface area contributed by atoms with Crippen molar-refractivity contribution in [2.45, 2.75) is 49.6 Å². The van der Waals surface area contributed by atoms with Gasteiger partial charge in [-0.05, 0) is 48.2 Å². The van der Waals surface area contributed by atoms with Gasteiger partial charge in [0.25, 0.3) is 0 Å². The molecule has 2 atom stereocenters. The van der Waals surface area contributed by atoms with Gasteiger partial charge in [0.15, 0.2) is 5.82 Å². The summed E-state index contributed by atoms with van der Waals surface area (Å²) in [6, 6.07) is 15.3. The van der Waals surface area contributed by atoms with E-state index in [1.54, 1.807) is 24.3 Å². The molecule has 0 fully saturated rings. The maximum absolute atomic E-state index is 13.2. The van der Waals surface area contributed by atoms with Crippen LogP contribution in [0.25, 0.3) is 0 Å². The number of benzene rings is 2. The van der Waals surface area contributed by atoms with Crippen LogP contribution in [-0.4, -0.2) is 26.0 Å². The number of carbonyl (C=O) groups is 1. The first kappa shape index (κ1) is 20.8. The number of nitrogens with zero attached hydrogens (tertiary/aromatic N) is 3. The van der Waals surface area contributed by atoms with Crippen LogP contribution in [0.1, 0.15) is 43.3 Å². The zero-order valence-electron chi connectivity index (χ0n) is 16.9. The average molecular weight is 442 g/mol. The third kappa shape index (κ3) is 4.32. The number of halogens is 1. The molecule has 1 aromatic heterocycles. The Hall–Kier alpha value is -2.51. The van der Waals surface area contributed by atoms with Crippen molar-refractivity contribution in [3.8, 4) is 0 Å². The minimum atomic E-state index is -0.403. The zero-order valence-corrected chi connectivity index (χ0v) is 18.5. The number of carbonyl (C=O) groups excluding carboxylic acids is 1. The van der Waals surface area contributed by atoms with Crippen molar-refractivity contribution in [1.82, 2.24) is 14.9 Å². The number of amides is 1. The standard InChI is InChI=1S/C22H24ClN5OS/c1-3-5-18-25-26-22-28(18)27-19(15-8-6-14(4-2)7-9-15)20(30-22)21(29)24-17-12-10-16(23)11-13-17/h6-13,19-20,27H,3-5H2,1-2H3,(H,24,29). The molecule has 0 saturated heterocycles. The maximum Gasteiger partial charge on any atom is 0.240 e. The van der Waals surface area contributed by atoms with E-state index in [1.807, 2.05) is 4.68 Å². The number of anilines is 1. The summed E-state index contributed by atoms with van der Waals surface area (Å²) >= 11 is 7.40. The molecule has 3 aromatic rings. The lowest BCUT2D eigenvalue weighted by atomic mass is 10.0. The average Bonchev–Trinajstić information content (AvgIpc) is 3.16. The van der Waals surface area contributed by atoms with Gasteiger partial charge in [0.2, 0.25) is 11.1 Å². The number of aromatic nitrogens is 3. The Morgan fingerprint density at radius 2 is 1.87 bits per heavy atom. The second-order valence-electron chi connectivity index (χ2n) is 7.22. The summed E-state index contributed by atoms with van der Waals surface area (Å²) in [5, 5.41) is 12.6. The molecule has 6 nitrogen and oxygen atoms in total. The second kappa shape index (κ2) is 9.10. The third-order valence-electron chi connectivity index (χ3n) is 5.09. The van der Waals surface area contributed by atoms with Crippen LogP contribution in [0.15, 0.2) is 53.7 Å². The van der Waals surface area contributed by atoms with Crippen molar-refractivity contribution >= 4 is 35.0 Å². The molecule has 2 heterocycles. The smallest absolute Gasteiger partial charge is 0.240 e. The molecule has 0 saturated carbocycles. The highest BCUT2D eigenvalue weighted by Crippen LogP contribution is 2.37. The molecule has 0 spiro atoms. The fourth-order valence-corrected chi connectivity index (χ4v) is 4.67. The molecule has 0 bridgehead atoms. The van der Waals surface area contributed by atoms with E-state index >= 15 is 0 Å². The number of hydrogen-bond donors (Lipinski definition) is 2. The highest BCUT2D eigenvalue weighted by molar-refractivity contribution is 8.00. The SMILES string of the molecule is CCCc1nnc2n1NC(c1ccc(CC)cc1)C(C(=O)Nc1ccc(Cl)cc1)S2. The summed E-state index contributed by atoms with van der Waals surface area (Å²) in [6.45, 7) is 4.24. The predicted molar refractivity (Wildman–Crippen MR) is 122 cm³/mol. The molecule has 1 aliphatic rings. The molecule has 2 N–H and O–H groups in total. The van der Waals surface area contributed by atoms with Crippen LogP contribution in [0.2, 0.25) is 5.02 Å². The fourth-order valence-electron chi connectivity index (χ4n) is 3.44. The van der Waals surface area contributed by atoms with Crippen LogP contribution >= 0.6 is 23.4 Å². The number of thioether (sulfide) groups is 1. The van der Waals surface area contributed by atoms with E-state index < -0.39 is 5.25 Å². The van der Waals surface area contributed by atoms with E-state index in [1.165, 1.54) is 17.3 Å². The first-order valence-electron chi connectivity index (χ1n) is 10.1. The molecule has 1 amide bonds. The molecular formula is C22H24ClN5OS. The molecule has 2 unspecified atom stereocenters. The van der Waals surface area contributed by atoms with E-state index in [9.17, 15) is 4.79 Å². The van der Waals surface area contributed by atoms with Gasteiger partial charge < -0.3 is 10.7 Å². The fraction of sp³-hybridized carbons (Fsp3) is 0.318. The topological polar surface area (TPSA) is 71.8 Å². The summed E-state index contributed by atoms with van der Waals surface area (Å²) in [6.07, 6.45) is 2.77. The minimum absolute atomic E-state index is 0.0920. The summed E-state index contributed by atoms with van der Waals surface area (Å²) in [4.78, 5) is 13.2. The van der Waals surface area contributed by atoms with E-state index in [-0.39, 0.29) is 11.9 Å². The van der Waals surface area contributed by atoms with Gasteiger partial charge in [-0.1, -0.05) is 61.5 Å². The third-order valence-corrected chi connectivity index (χ3v) is 6.56. The Labute approximate surface area is 185 Å². The van der Waals surface area contributed by atoms with Gasteiger partial charge in [-0.25, -0.2) is 4.68 Å². The maximum atomic E-state index is 13.2. The first-order valence-corrected chi connectivity index (χ1v) is 11.4. The molecule has 30 heavy (non-hydrogen) atoms. The normalized spacial score (nSPS) is 17.8. The lowest BCUT2D eigenvalue weighted by molar-refractivity contribution is -0.116. The molecule has 4 rings (SSSR count). The number of aryl methyl sites for hydroxylation is 2. The summed E-state index contributed by atoms with van der Waals surface area (Å²) in [5.74, 6) is 0.789. The van der Waals surface area contributed by atoms with E-state index in [4.69, 9.17) is 11.6 Å². The van der Waals surface area contributed by atoms with E-state index in [2.05, 4.69) is 59.1 Å². The number of fused-ring (bicyclic) bond motifs is 1. The van der Waals surface area contributed by atoms with Crippen LogP contribution < -0.4 is 10.7 Å². The van der Waals surface area contributed by atoms with Crippen molar-refractivity contribution in [1.29, 1.82) is 0 Å². The van der Waals surface area contributed by atoms with Crippen molar-refractivity contribution in [3.05, 3.63) is 70.5 Å². The minimum Gasteiger partial charge on any atom is -0.325 e.